The summed E-state index contributed by atoms with van der Waals surface area (Å²) in [5, 5.41) is 2.20. The Morgan fingerprint density at radius 2 is 2.42 bits per heavy atom. The molecule has 0 amide bonds. The highest BCUT2D eigenvalue weighted by Gasteiger charge is 2.24. The summed E-state index contributed by atoms with van der Waals surface area (Å²) in [5.74, 6) is 0.931. The average Bonchev–Trinajstić information content (AvgIpc) is 2.72. The highest BCUT2D eigenvalue weighted by atomic mass is 32.1. The van der Waals surface area contributed by atoms with Gasteiger partial charge in [-0.15, -0.1) is 11.3 Å². The molecule has 0 bridgehead atoms. The van der Waals surface area contributed by atoms with Crippen molar-refractivity contribution in [2.45, 2.75) is 32.2 Å². The maximum Gasteiger partial charge on any atom is 0.0305 e. The first-order valence-corrected chi connectivity index (χ1v) is 5.44. The minimum absolute atomic E-state index is 0.294. The van der Waals surface area contributed by atoms with Crippen molar-refractivity contribution in [2.24, 2.45) is 11.7 Å². The fourth-order valence-corrected chi connectivity index (χ4v) is 2.28. The van der Waals surface area contributed by atoms with Gasteiger partial charge in [-0.05, 0) is 36.3 Å². The molecule has 1 aliphatic rings. The highest BCUT2D eigenvalue weighted by Crippen LogP contribution is 2.37. The van der Waals surface area contributed by atoms with Crippen LogP contribution in [0.15, 0.2) is 11.4 Å². The standard InChI is InChI=1S/C10H15NS/c1-7-4-9(6-12-7)10(11)5-8-2-3-8/h4,6,8,10H,2-3,5,11H2,1H3. The van der Waals surface area contributed by atoms with E-state index in [-0.39, 0.29) is 0 Å². The van der Waals surface area contributed by atoms with E-state index in [1.165, 1.54) is 29.7 Å². The van der Waals surface area contributed by atoms with Crippen LogP contribution in [0.2, 0.25) is 0 Å². The minimum atomic E-state index is 0.294. The summed E-state index contributed by atoms with van der Waals surface area (Å²) < 4.78 is 0. The van der Waals surface area contributed by atoms with Crippen molar-refractivity contribution in [3.05, 3.63) is 21.9 Å². The Bertz CT molecular complexity index is 263. The summed E-state index contributed by atoms with van der Waals surface area (Å²) in [5.41, 5.74) is 7.39. The van der Waals surface area contributed by atoms with E-state index in [0.29, 0.717) is 6.04 Å². The van der Waals surface area contributed by atoms with Gasteiger partial charge in [-0.2, -0.15) is 0 Å². The van der Waals surface area contributed by atoms with E-state index in [0.717, 1.165) is 5.92 Å². The van der Waals surface area contributed by atoms with Crippen LogP contribution in [-0.2, 0) is 0 Å². The molecule has 1 aromatic rings. The number of hydrogen-bond acceptors (Lipinski definition) is 2. The first-order valence-electron chi connectivity index (χ1n) is 4.56. The Hall–Kier alpha value is -0.340. The van der Waals surface area contributed by atoms with Crippen LogP contribution in [0.1, 0.15) is 35.7 Å². The van der Waals surface area contributed by atoms with E-state index in [9.17, 15) is 0 Å². The molecule has 2 N–H and O–H groups in total. The molecule has 1 atom stereocenters. The summed E-state index contributed by atoms with van der Waals surface area (Å²) in [4.78, 5) is 1.37. The second-order valence-corrected chi connectivity index (χ2v) is 4.89. The molecule has 12 heavy (non-hydrogen) atoms. The lowest BCUT2D eigenvalue weighted by Gasteiger charge is -2.07. The zero-order valence-electron chi connectivity index (χ0n) is 7.42. The van der Waals surface area contributed by atoms with Crippen LogP contribution in [0.5, 0.6) is 0 Å². The molecule has 1 aromatic heterocycles. The summed E-state index contributed by atoms with van der Waals surface area (Å²) in [6.07, 6.45) is 3.99. The average molecular weight is 181 g/mol. The van der Waals surface area contributed by atoms with Gasteiger partial charge in [0.2, 0.25) is 0 Å². The molecule has 1 saturated carbocycles. The molecular formula is C10H15NS. The highest BCUT2D eigenvalue weighted by molar-refractivity contribution is 7.10. The van der Waals surface area contributed by atoms with Crippen molar-refractivity contribution in [3.8, 4) is 0 Å². The lowest BCUT2D eigenvalue weighted by Crippen LogP contribution is -2.09. The van der Waals surface area contributed by atoms with Gasteiger partial charge in [0.15, 0.2) is 0 Å². The Kier molecular flexibility index (Phi) is 2.20. The molecule has 0 aliphatic heterocycles. The lowest BCUT2D eigenvalue weighted by atomic mass is 10.1. The van der Waals surface area contributed by atoms with Gasteiger partial charge in [-0.25, -0.2) is 0 Å². The number of rotatable bonds is 3. The molecule has 1 heterocycles. The second kappa shape index (κ2) is 3.19. The Labute approximate surface area is 77.6 Å². The Balaban J connectivity index is 1.97. The van der Waals surface area contributed by atoms with Crippen molar-refractivity contribution in [2.75, 3.05) is 0 Å². The van der Waals surface area contributed by atoms with E-state index in [2.05, 4.69) is 18.4 Å². The van der Waals surface area contributed by atoms with E-state index >= 15 is 0 Å². The van der Waals surface area contributed by atoms with Crippen LogP contribution in [0.25, 0.3) is 0 Å². The lowest BCUT2D eigenvalue weighted by molar-refractivity contribution is 0.598. The molecule has 0 saturated heterocycles. The van der Waals surface area contributed by atoms with Crippen molar-refractivity contribution in [1.29, 1.82) is 0 Å². The van der Waals surface area contributed by atoms with Crippen molar-refractivity contribution in [1.82, 2.24) is 0 Å². The molecule has 0 spiro atoms. The smallest absolute Gasteiger partial charge is 0.0305 e. The Morgan fingerprint density at radius 1 is 1.67 bits per heavy atom. The first kappa shape index (κ1) is 8.27. The number of aryl methyl sites for hydroxylation is 1. The van der Waals surface area contributed by atoms with Gasteiger partial charge >= 0.3 is 0 Å². The quantitative estimate of drug-likeness (QED) is 0.762. The monoisotopic (exact) mass is 181 g/mol. The molecule has 0 radical (unpaired) electrons. The summed E-state index contributed by atoms with van der Waals surface area (Å²) >= 11 is 1.80. The van der Waals surface area contributed by atoms with Crippen LogP contribution in [0.4, 0.5) is 0 Å². The van der Waals surface area contributed by atoms with Crippen molar-refractivity contribution < 1.29 is 0 Å². The van der Waals surface area contributed by atoms with Gasteiger partial charge in [0.1, 0.15) is 0 Å². The van der Waals surface area contributed by atoms with Crippen LogP contribution >= 0.6 is 11.3 Å². The molecule has 1 aliphatic carbocycles. The normalized spacial score (nSPS) is 19.5. The van der Waals surface area contributed by atoms with Crippen LogP contribution < -0.4 is 5.73 Å². The summed E-state index contributed by atoms with van der Waals surface area (Å²) in [7, 11) is 0. The first-order chi connectivity index (χ1) is 5.75. The van der Waals surface area contributed by atoms with E-state index < -0.39 is 0 Å². The predicted octanol–water partition coefficient (Wildman–Crippen LogP) is 2.86. The third-order valence-electron chi connectivity index (χ3n) is 2.46. The summed E-state index contributed by atoms with van der Waals surface area (Å²) in [6.45, 7) is 2.14. The van der Waals surface area contributed by atoms with Crippen LogP contribution in [0, 0.1) is 12.8 Å². The van der Waals surface area contributed by atoms with E-state index in [4.69, 9.17) is 5.73 Å². The Morgan fingerprint density at radius 3 is 2.92 bits per heavy atom. The summed E-state index contributed by atoms with van der Waals surface area (Å²) in [6, 6.07) is 2.51. The predicted molar refractivity (Wildman–Crippen MR) is 53.3 cm³/mol. The molecule has 66 valence electrons. The van der Waals surface area contributed by atoms with Gasteiger partial charge in [0, 0.05) is 10.9 Å². The second-order valence-electron chi connectivity index (χ2n) is 3.78. The third-order valence-corrected chi connectivity index (χ3v) is 3.34. The van der Waals surface area contributed by atoms with Crippen LogP contribution in [-0.4, -0.2) is 0 Å². The maximum absolute atomic E-state index is 6.06. The zero-order valence-corrected chi connectivity index (χ0v) is 8.23. The van der Waals surface area contributed by atoms with Gasteiger partial charge in [-0.1, -0.05) is 12.8 Å². The molecule has 1 nitrogen and oxygen atoms in total. The zero-order chi connectivity index (χ0) is 8.55. The van der Waals surface area contributed by atoms with Gasteiger partial charge < -0.3 is 5.73 Å². The van der Waals surface area contributed by atoms with Crippen molar-refractivity contribution in [3.63, 3.8) is 0 Å². The number of thiophene rings is 1. The van der Waals surface area contributed by atoms with E-state index in [1.807, 2.05) is 0 Å². The molecule has 1 fully saturated rings. The molecule has 2 rings (SSSR count). The molecule has 2 heteroatoms. The van der Waals surface area contributed by atoms with Gasteiger partial charge in [-0.3, -0.25) is 0 Å². The molecular weight excluding hydrogens is 166 g/mol. The minimum Gasteiger partial charge on any atom is -0.324 e. The number of hydrogen-bond donors (Lipinski definition) is 1. The maximum atomic E-state index is 6.06. The number of nitrogens with two attached hydrogens (primary N) is 1. The molecule has 0 aromatic carbocycles. The van der Waals surface area contributed by atoms with Gasteiger partial charge in [0.05, 0.1) is 0 Å². The fraction of sp³-hybridized carbons (Fsp3) is 0.600. The molecule has 1 unspecified atom stereocenters. The third kappa shape index (κ3) is 1.87. The van der Waals surface area contributed by atoms with Crippen molar-refractivity contribution >= 4 is 11.3 Å². The van der Waals surface area contributed by atoms with E-state index in [1.54, 1.807) is 11.3 Å². The van der Waals surface area contributed by atoms with Crippen LogP contribution in [0.3, 0.4) is 0 Å². The fourth-order valence-electron chi connectivity index (χ4n) is 1.51. The van der Waals surface area contributed by atoms with Gasteiger partial charge in [0.25, 0.3) is 0 Å². The SMILES string of the molecule is Cc1cc(C(N)CC2CC2)cs1. The largest absolute Gasteiger partial charge is 0.324 e. The topological polar surface area (TPSA) is 26.0 Å².